The zero-order valence-corrected chi connectivity index (χ0v) is 16.7. The Hall–Kier alpha value is -1.92. The number of nitrogens with zero attached hydrogens (tertiary/aromatic N) is 1. The van der Waals surface area contributed by atoms with Crippen molar-refractivity contribution in [2.45, 2.75) is 43.9 Å². The number of nitrogens with one attached hydrogen (secondary N) is 3. The highest BCUT2D eigenvalue weighted by atomic mass is 35.5. The molecule has 0 radical (unpaired) electrons. The van der Waals surface area contributed by atoms with Crippen molar-refractivity contribution in [1.82, 2.24) is 21.1 Å². The van der Waals surface area contributed by atoms with Crippen LogP contribution in [0.4, 0.5) is 0 Å². The molecular formula is C22H27ClN4O. The van der Waals surface area contributed by atoms with Gasteiger partial charge in [0, 0.05) is 30.2 Å². The summed E-state index contributed by atoms with van der Waals surface area (Å²) in [6.07, 6.45) is 3.78. The van der Waals surface area contributed by atoms with Crippen LogP contribution in [0.1, 0.15) is 36.4 Å². The summed E-state index contributed by atoms with van der Waals surface area (Å²) in [6.45, 7) is 1.99. The molecule has 2 atom stereocenters. The molecule has 5 nitrogen and oxygen atoms in total. The van der Waals surface area contributed by atoms with Crippen molar-refractivity contribution in [3.63, 3.8) is 0 Å². The fourth-order valence-corrected chi connectivity index (χ4v) is 4.23. The van der Waals surface area contributed by atoms with Crippen molar-refractivity contribution in [2.24, 2.45) is 0 Å². The highest BCUT2D eigenvalue weighted by Gasteiger charge is 2.32. The van der Waals surface area contributed by atoms with Gasteiger partial charge in [-0.3, -0.25) is 9.69 Å². The molecule has 2 aromatic carbocycles. The van der Waals surface area contributed by atoms with Gasteiger partial charge in [0.25, 0.3) is 0 Å². The Labute approximate surface area is 171 Å². The van der Waals surface area contributed by atoms with Gasteiger partial charge in [0.05, 0.1) is 12.6 Å². The van der Waals surface area contributed by atoms with Gasteiger partial charge in [0.2, 0.25) is 5.91 Å². The maximum atomic E-state index is 12.3. The molecule has 4 rings (SSSR count). The zero-order valence-electron chi connectivity index (χ0n) is 15.9. The molecule has 2 aromatic rings. The van der Waals surface area contributed by atoms with Gasteiger partial charge in [-0.05, 0) is 42.5 Å². The highest BCUT2D eigenvalue weighted by molar-refractivity contribution is 6.30. The fourth-order valence-electron chi connectivity index (χ4n) is 4.10. The van der Waals surface area contributed by atoms with Crippen LogP contribution in [-0.2, 0) is 11.2 Å². The van der Waals surface area contributed by atoms with Gasteiger partial charge in [-0.1, -0.05) is 54.1 Å². The summed E-state index contributed by atoms with van der Waals surface area (Å²) in [5.41, 5.74) is 9.18. The van der Waals surface area contributed by atoms with Crippen molar-refractivity contribution in [1.29, 1.82) is 0 Å². The molecule has 2 saturated heterocycles. The second-order valence-electron chi connectivity index (χ2n) is 7.68. The van der Waals surface area contributed by atoms with Crippen LogP contribution in [0, 0.1) is 0 Å². The van der Waals surface area contributed by atoms with Gasteiger partial charge >= 0.3 is 0 Å². The third-order valence-corrected chi connectivity index (χ3v) is 5.95. The van der Waals surface area contributed by atoms with E-state index in [9.17, 15) is 4.79 Å². The van der Waals surface area contributed by atoms with Crippen molar-refractivity contribution < 1.29 is 4.79 Å². The van der Waals surface area contributed by atoms with Crippen LogP contribution in [0.2, 0.25) is 5.02 Å². The number of likely N-dealkylation sites (tertiary alicyclic amines) is 1. The number of piperidine rings is 1. The molecule has 2 heterocycles. The van der Waals surface area contributed by atoms with E-state index in [0.717, 1.165) is 37.9 Å². The summed E-state index contributed by atoms with van der Waals surface area (Å²) >= 11 is 5.90. The Morgan fingerprint density at radius 2 is 1.75 bits per heavy atom. The van der Waals surface area contributed by atoms with Gasteiger partial charge in [0.1, 0.15) is 0 Å². The van der Waals surface area contributed by atoms with Gasteiger partial charge in [-0.15, -0.1) is 0 Å². The van der Waals surface area contributed by atoms with E-state index in [1.54, 1.807) is 0 Å². The minimum atomic E-state index is 0.0885. The molecule has 0 spiro atoms. The summed E-state index contributed by atoms with van der Waals surface area (Å²) in [5, 5.41) is 3.89. The Bertz CT molecular complexity index is 775. The molecule has 2 aliphatic heterocycles. The maximum Gasteiger partial charge on any atom is 0.224 e. The molecule has 148 valence electrons. The van der Waals surface area contributed by atoms with E-state index in [4.69, 9.17) is 11.6 Å². The lowest BCUT2D eigenvalue weighted by Crippen LogP contribution is -2.51. The lowest BCUT2D eigenvalue weighted by atomic mass is 10.0. The number of hydrogen-bond acceptors (Lipinski definition) is 4. The second-order valence-corrected chi connectivity index (χ2v) is 8.12. The van der Waals surface area contributed by atoms with E-state index in [1.807, 2.05) is 24.3 Å². The highest BCUT2D eigenvalue weighted by Crippen LogP contribution is 2.25. The number of halogens is 1. The summed E-state index contributed by atoms with van der Waals surface area (Å²) in [7, 11) is 0. The number of carbonyl (C=O) groups excluding carboxylic acids is 1. The van der Waals surface area contributed by atoms with Crippen LogP contribution in [-0.4, -0.2) is 36.1 Å². The number of carbonyl (C=O) groups is 1. The molecule has 2 aliphatic rings. The standard InChI is InChI=1S/C22H27ClN4O/c23-18-8-6-16(7-9-18)14-22(28)24-19-10-12-27(13-11-19)21-15-20(25-26-21)17-4-2-1-3-5-17/h1-9,19-21,25-26H,10-15H2,(H,24,28). The molecule has 6 heteroatoms. The van der Waals surface area contributed by atoms with E-state index in [-0.39, 0.29) is 11.9 Å². The molecule has 0 saturated carbocycles. The first-order valence-electron chi connectivity index (χ1n) is 10.0. The first-order chi connectivity index (χ1) is 13.7. The van der Waals surface area contributed by atoms with Crippen molar-refractivity contribution >= 4 is 17.5 Å². The van der Waals surface area contributed by atoms with Gasteiger partial charge in [-0.2, -0.15) is 0 Å². The van der Waals surface area contributed by atoms with Crippen LogP contribution >= 0.6 is 11.6 Å². The molecule has 0 aliphatic carbocycles. The van der Waals surface area contributed by atoms with E-state index < -0.39 is 0 Å². The summed E-state index contributed by atoms with van der Waals surface area (Å²) < 4.78 is 0. The smallest absolute Gasteiger partial charge is 0.224 e. The largest absolute Gasteiger partial charge is 0.353 e. The third-order valence-electron chi connectivity index (χ3n) is 5.70. The minimum absolute atomic E-state index is 0.0885. The number of amides is 1. The normalized spacial score (nSPS) is 23.6. The lowest BCUT2D eigenvalue weighted by Gasteiger charge is -2.35. The second kappa shape index (κ2) is 9.05. The number of hydrazine groups is 1. The number of benzene rings is 2. The molecule has 0 bridgehead atoms. The van der Waals surface area contributed by atoms with Crippen LogP contribution in [0.25, 0.3) is 0 Å². The molecule has 2 unspecified atom stereocenters. The topological polar surface area (TPSA) is 56.4 Å². The SMILES string of the molecule is O=C(Cc1ccc(Cl)cc1)NC1CCN(C2CC(c3ccccc3)NN2)CC1. The van der Waals surface area contributed by atoms with Crippen LogP contribution < -0.4 is 16.2 Å². The Kier molecular flexibility index (Phi) is 6.27. The first-order valence-corrected chi connectivity index (χ1v) is 10.4. The minimum Gasteiger partial charge on any atom is -0.353 e. The quantitative estimate of drug-likeness (QED) is 0.724. The summed E-state index contributed by atoms with van der Waals surface area (Å²) in [4.78, 5) is 14.8. The predicted octanol–water partition coefficient (Wildman–Crippen LogP) is 3.03. The first kappa shape index (κ1) is 19.4. The van der Waals surface area contributed by atoms with Gasteiger partial charge in [-0.25, -0.2) is 10.9 Å². The van der Waals surface area contributed by atoms with E-state index in [0.29, 0.717) is 23.7 Å². The monoisotopic (exact) mass is 398 g/mol. The Balaban J connectivity index is 1.21. The summed E-state index contributed by atoms with van der Waals surface area (Å²) in [6, 6.07) is 18.6. The van der Waals surface area contributed by atoms with Crippen molar-refractivity contribution in [2.75, 3.05) is 13.1 Å². The van der Waals surface area contributed by atoms with E-state index in [1.165, 1.54) is 5.56 Å². The van der Waals surface area contributed by atoms with Crippen LogP contribution in [0.15, 0.2) is 54.6 Å². The molecule has 1 amide bonds. The fraction of sp³-hybridized carbons (Fsp3) is 0.409. The molecule has 3 N–H and O–H groups in total. The van der Waals surface area contributed by atoms with E-state index in [2.05, 4.69) is 51.4 Å². The van der Waals surface area contributed by atoms with Gasteiger partial charge in [0.15, 0.2) is 0 Å². The average Bonchev–Trinajstić information content (AvgIpc) is 3.21. The summed E-state index contributed by atoms with van der Waals surface area (Å²) in [5.74, 6) is 0.0885. The molecule has 28 heavy (non-hydrogen) atoms. The molecular weight excluding hydrogens is 372 g/mol. The third kappa shape index (κ3) is 4.92. The Morgan fingerprint density at radius 1 is 1.04 bits per heavy atom. The van der Waals surface area contributed by atoms with Crippen LogP contribution in [0.3, 0.4) is 0 Å². The number of rotatable bonds is 5. The average molecular weight is 399 g/mol. The molecule has 0 aromatic heterocycles. The maximum absolute atomic E-state index is 12.3. The van der Waals surface area contributed by atoms with E-state index >= 15 is 0 Å². The van der Waals surface area contributed by atoms with Crippen LogP contribution in [0.5, 0.6) is 0 Å². The molecule has 2 fully saturated rings. The predicted molar refractivity (Wildman–Crippen MR) is 112 cm³/mol. The zero-order chi connectivity index (χ0) is 19.3. The lowest BCUT2D eigenvalue weighted by molar-refractivity contribution is -0.121. The van der Waals surface area contributed by atoms with Crippen molar-refractivity contribution in [3.8, 4) is 0 Å². The number of hydrogen-bond donors (Lipinski definition) is 3. The van der Waals surface area contributed by atoms with Crippen molar-refractivity contribution in [3.05, 3.63) is 70.7 Å². The van der Waals surface area contributed by atoms with Gasteiger partial charge < -0.3 is 5.32 Å². The Morgan fingerprint density at radius 3 is 2.46 bits per heavy atom.